The average molecular weight is 297 g/mol. The normalized spacial score (nSPS) is 33.9. The van der Waals surface area contributed by atoms with Gasteiger partial charge in [-0.3, -0.25) is 4.79 Å². The number of hydrogen-bond acceptors (Lipinski definition) is 4. The summed E-state index contributed by atoms with van der Waals surface area (Å²) in [6.45, 7) is 0.847. The van der Waals surface area contributed by atoms with Gasteiger partial charge in [0.25, 0.3) is 0 Å². The first-order valence-electron chi connectivity index (χ1n) is 8.28. The van der Waals surface area contributed by atoms with Crippen molar-refractivity contribution >= 4 is 13.1 Å². The van der Waals surface area contributed by atoms with E-state index in [9.17, 15) is 19.9 Å². The second-order valence-electron chi connectivity index (χ2n) is 6.92. The number of carbonyl (C=O) groups is 1. The highest BCUT2D eigenvalue weighted by Crippen LogP contribution is 2.37. The molecular formula is C15H28BNO4. The van der Waals surface area contributed by atoms with Crippen molar-refractivity contribution in [1.82, 2.24) is 4.90 Å². The number of aliphatic carboxylic acids is 1. The number of hydrogen-bond donors (Lipinski definition) is 3. The van der Waals surface area contributed by atoms with Crippen molar-refractivity contribution in [3.63, 3.8) is 0 Å². The van der Waals surface area contributed by atoms with Crippen LogP contribution in [-0.4, -0.2) is 52.8 Å². The lowest BCUT2D eigenvalue weighted by Gasteiger charge is -2.39. The van der Waals surface area contributed by atoms with Gasteiger partial charge in [0.2, 0.25) is 0 Å². The zero-order valence-corrected chi connectivity index (χ0v) is 12.9. The van der Waals surface area contributed by atoms with Crippen molar-refractivity contribution in [2.45, 2.75) is 63.2 Å². The lowest BCUT2D eigenvalue weighted by Crippen LogP contribution is -2.43. The van der Waals surface area contributed by atoms with Crippen LogP contribution >= 0.6 is 0 Å². The van der Waals surface area contributed by atoms with Gasteiger partial charge in [-0.25, -0.2) is 0 Å². The van der Waals surface area contributed by atoms with Gasteiger partial charge < -0.3 is 20.1 Å². The van der Waals surface area contributed by atoms with Crippen LogP contribution in [0.15, 0.2) is 0 Å². The molecule has 0 aromatic heterocycles. The molecule has 0 aliphatic heterocycles. The molecule has 5 nitrogen and oxygen atoms in total. The highest BCUT2D eigenvalue weighted by Gasteiger charge is 2.36. The second kappa shape index (κ2) is 7.61. The van der Waals surface area contributed by atoms with Gasteiger partial charge in [-0.15, -0.1) is 0 Å². The lowest BCUT2D eigenvalue weighted by atomic mass is 9.59. The van der Waals surface area contributed by atoms with E-state index in [0.717, 1.165) is 57.9 Å². The van der Waals surface area contributed by atoms with Gasteiger partial charge in [-0.2, -0.15) is 0 Å². The van der Waals surface area contributed by atoms with Gasteiger partial charge >= 0.3 is 13.1 Å². The maximum Gasteiger partial charge on any atom is 0.455 e. The predicted molar refractivity (Wildman–Crippen MR) is 81.9 cm³/mol. The van der Waals surface area contributed by atoms with Crippen molar-refractivity contribution in [1.29, 1.82) is 0 Å². The van der Waals surface area contributed by atoms with E-state index in [4.69, 9.17) is 0 Å². The maximum atomic E-state index is 11.2. The van der Waals surface area contributed by atoms with Crippen LogP contribution in [0.4, 0.5) is 0 Å². The Balaban J connectivity index is 1.90. The van der Waals surface area contributed by atoms with Crippen LogP contribution in [0.2, 0.25) is 5.82 Å². The van der Waals surface area contributed by atoms with Gasteiger partial charge in [0, 0.05) is 12.6 Å². The summed E-state index contributed by atoms with van der Waals surface area (Å²) in [4.78, 5) is 13.4. The maximum absolute atomic E-state index is 11.2. The topological polar surface area (TPSA) is 81.0 Å². The molecule has 0 heterocycles. The Hall–Kier alpha value is -0.585. The second-order valence-corrected chi connectivity index (χ2v) is 6.92. The fraction of sp³-hybridized carbons (Fsp3) is 0.933. The minimum atomic E-state index is -1.22. The predicted octanol–water partition coefficient (Wildman–Crippen LogP) is 1.59. The van der Waals surface area contributed by atoms with E-state index in [1.165, 1.54) is 0 Å². The van der Waals surface area contributed by atoms with Crippen molar-refractivity contribution in [3.8, 4) is 0 Å². The molecule has 0 aromatic rings. The SMILES string of the molecule is CN(CC1CCCCC1B(O)O)C1CCCC(C(=O)O)C1. The molecule has 2 rings (SSSR count). The Kier molecular flexibility index (Phi) is 6.08. The van der Waals surface area contributed by atoms with Crippen LogP contribution in [0.1, 0.15) is 51.4 Å². The molecule has 0 radical (unpaired) electrons. The summed E-state index contributed by atoms with van der Waals surface area (Å²) in [6, 6.07) is 0.318. The molecule has 120 valence electrons. The third-order valence-corrected chi connectivity index (χ3v) is 5.49. The largest absolute Gasteiger partial charge is 0.481 e. The highest BCUT2D eigenvalue weighted by molar-refractivity contribution is 6.43. The lowest BCUT2D eigenvalue weighted by molar-refractivity contribution is -0.143. The fourth-order valence-electron chi connectivity index (χ4n) is 4.16. The third-order valence-electron chi connectivity index (χ3n) is 5.49. The first-order valence-corrected chi connectivity index (χ1v) is 8.28. The Morgan fingerprint density at radius 1 is 1.14 bits per heavy atom. The molecule has 0 aromatic carbocycles. The summed E-state index contributed by atoms with van der Waals surface area (Å²) in [5.74, 6) is -0.597. The summed E-state index contributed by atoms with van der Waals surface area (Å²) in [5, 5.41) is 28.3. The summed E-state index contributed by atoms with van der Waals surface area (Å²) < 4.78 is 0. The molecule has 2 fully saturated rings. The van der Waals surface area contributed by atoms with E-state index >= 15 is 0 Å². The molecule has 0 bridgehead atoms. The molecule has 2 saturated carbocycles. The first kappa shape index (κ1) is 16.8. The van der Waals surface area contributed by atoms with Crippen LogP contribution < -0.4 is 0 Å². The van der Waals surface area contributed by atoms with Crippen molar-refractivity contribution in [3.05, 3.63) is 0 Å². The van der Waals surface area contributed by atoms with Crippen LogP contribution in [-0.2, 0) is 4.79 Å². The molecule has 0 amide bonds. The number of carboxylic acid groups (broad SMARTS) is 1. The van der Waals surface area contributed by atoms with E-state index in [2.05, 4.69) is 11.9 Å². The van der Waals surface area contributed by atoms with Gasteiger partial charge in [0.1, 0.15) is 0 Å². The molecule has 2 aliphatic carbocycles. The van der Waals surface area contributed by atoms with E-state index in [-0.39, 0.29) is 11.7 Å². The fourth-order valence-corrected chi connectivity index (χ4v) is 4.16. The summed E-state index contributed by atoms with van der Waals surface area (Å²) in [5.41, 5.74) is 0. The number of rotatable bonds is 5. The van der Waals surface area contributed by atoms with E-state index in [0.29, 0.717) is 12.0 Å². The third kappa shape index (κ3) is 4.44. The quantitative estimate of drug-likeness (QED) is 0.672. The summed E-state index contributed by atoms with van der Waals surface area (Å²) >= 11 is 0. The smallest absolute Gasteiger partial charge is 0.455 e. The van der Waals surface area contributed by atoms with Gasteiger partial charge in [-0.1, -0.05) is 25.7 Å². The zero-order chi connectivity index (χ0) is 15.4. The number of nitrogens with zero attached hydrogens (tertiary/aromatic N) is 1. The van der Waals surface area contributed by atoms with Crippen LogP contribution in [0, 0.1) is 11.8 Å². The minimum Gasteiger partial charge on any atom is -0.481 e. The van der Waals surface area contributed by atoms with Crippen molar-refractivity contribution < 1.29 is 19.9 Å². The molecule has 4 atom stereocenters. The molecule has 4 unspecified atom stereocenters. The summed E-state index contributed by atoms with van der Waals surface area (Å²) in [7, 11) is 0.839. The Labute approximate surface area is 127 Å². The van der Waals surface area contributed by atoms with Gasteiger partial charge in [0.15, 0.2) is 0 Å². The standard InChI is InChI=1S/C15H28BNO4/c1-17(13-7-4-6-11(9-13)15(18)19)10-12-5-2-3-8-14(12)16(20)21/h11-14,20-21H,2-10H2,1H3,(H,18,19). The van der Waals surface area contributed by atoms with E-state index in [1.54, 1.807) is 0 Å². The van der Waals surface area contributed by atoms with Crippen LogP contribution in [0.3, 0.4) is 0 Å². The molecule has 6 heteroatoms. The number of carboxylic acids is 1. The van der Waals surface area contributed by atoms with E-state index < -0.39 is 13.1 Å². The van der Waals surface area contributed by atoms with Crippen molar-refractivity contribution in [2.75, 3.05) is 13.6 Å². The first-order chi connectivity index (χ1) is 9.99. The molecular weight excluding hydrogens is 269 g/mol. The molecule has 2 aliphatic rings. The Bertz CT molecular complexity index is 353. The molecule has 3 N–H and O–H groups in total. The average Bonchev–Trinajstić information content (AvgIpc) is 2.47. The van der Waals surface area contributed by atoms with Gasteiger partial charge in [0.05, 0.1) is 5.92 Å². The Morgan fingerprint density at radius 2 is 1.86 bits per heavy atom. The van der Waals surface area contributed by atoms with Crippen molar-refractivity contribution in [2.24, 2.45) is 11.8 Å². The monoisotopic (exact) mass is 297 g/mol. The highest BCUT2D eigenvalue weighted by atomic mass is 16.4. The minimum absolute atomic E-state index is 0.0277. The van der Waals surface area contributed by atoms with Crippen LogP contribution in [0.5, 0.6) is 0 Å². The van der Waals surface area contributed by atoms with Crippen LogP contribution in [0.25, 0.3) is 0 Å². The Morgan fingerprint density at radius 3 is 2.52 bits per heavy atom. The molecule has 0 saturated heterocycles. The van der Waals surface area contributed by atoms with Gasteiger partial charge in [-0.05, 0) is 44.5 Å². The molecule has 0 spiro atoms. The summed E-state index contributed by atoms with van der Waals surface area (Å²) in [6.07, 6.45) is 7.71. The zero-order valence-electron chi connectivity index (χ0n) is 12.9. The molecule has 21 heavy (non-hydrogen) atoms. The van der Waals surface area contributed by atoms with E-state index in [1.807, 2.05) is 0 Å².